The van der Waals surface area contributed by atoms with Crippen LogP contribution in [0.2, 0.25) is 0 Å². The molecule has 0 aliphatic rings. The summed E-state index contributed by atoms with van der Waals surface area (Å²) in [4.78, 5) is 0. The molecule has 0 saturated heterocycles. The predicted molar refractivity (Wildman–Crippen MR) is 61.4 cm³/mol. The zero-order valence-corrected chi connectivity index (χ0v) is 8.86. The van der Waals surface area contributed by atoms with Gasteiger partial charge in [0.25, 0.3) is 0 Å². The summed E-state index contributed by atoms with van der Waals surface area (Å²) < 4.78 is 0. The monoisotopic (exact) mass is 202 g/mol. The lowest BCUT2D eigenvalue weighted by Gasteiger charge is -2.10. The smallest absolute Gasteiger partial charge is 0.158 e. The van der Waals surface area contributed by atoms with Crippen molar-refractivity contribution < 1.29 is 10.2 Å². The van der Waals surface area contributed by atoms with Gasteiger partial charge in [0.1, 0.15) is 0 Å². The van der Waals surface area contributed by atoms with Crippen LogP contribution >= 0.6 is 0 Å². The molecular formula is C13H14O2. The van der Waals surface area contributed by atoms with Crippen LogP contribution in [0.4, 0.5) is 0 Å². The lowest BCUT2D eigenvalue weighted by Crippen LogP contribution is -1.88. The lowest BCUT2D eigenvalue weighted by molar-refractivity contribution is 0.405. The first-order valence-electron chi connectivity index (χ1n) is 5.04. The number of fused-ring (bicyclic) bond motifs is 1. The van der Waals surface area contributed by atoms with Crippen molar-refractivity contribution in [3.63, 3.8) is 0 Å². The molecule has 0 saturated carbocycles. The molecule has 2 N–H and O–H groups in total. The van der Waals surface area contributed by atoms with Crippen LogP contribution in [0.25, 0.3) is 10.8 Å². The number of hydrogen-bond acceptors (Lipinski definition) is 2. The van der Waals surface area contributed by atoms with Gasteiger partial charge in [-0.1, -0.05) is 32.0 Å². The molecule has 0 aromatic heterocycles. The SMILES string of the molecule is CC(C)c1cccc2cc(O)c(O)cc12. The molecule has 0 bridgehead atoms. The molecular weight excluding hydrogens is 188 g/mol. The highest BCUT2D eigenvalue weighted by atomic mass is 16.3. The van der Waals surface area contributed by atoms with E-state index < -0.39 is 0 Å². The Bertz CT molecular complexity index is 501. The number of aromatic hydroxyl groups is 2. The molecule has 78 valence electrons. The molecule has 2 nitrogen and oxygen atoms in total. The Morgan fingerprint density at radius 3 is 2.33 bits per heavy atom. The van der Waals surface area contributed by atoms with Gasteiger partial charge in [-0.15, -0.1) is 0 Å². The van der Waals surface area contributed by atoms with Crippen molar-refractivity contribution in [1.29, 1.82) is 0 Å². The predicted octanol–water partition coefficient (Wildman–Crippen LogP) is 3.37. The summed E-state index contributed by atoms with van der Waals surface area (Å²) >= 11 is 0. The minimum absolute atomic E-state index is 0.0596. The molecule has 2 aromatic rings. The summed E-state index contributed by atoms with van der Waals surface area (Å²) in [6.07, 6.45) is 0. The Hall–Kier alpha value is -1.70. The first kappa shape index (κ1) is 9.84. The topological polar surface area (TPSA) is 40.5 Å². The van der Waals surface area contributed by atoms with Gasteiger partial charge in [0.15, 0.2) is 11.5 Å². The lowest BCUT2D eigenvalue weighted by atomic mass is 9.96. The highest BCUT2D eigenvalue weighted by Crippen LogP contribution is 2.33. The van der Waals surface area contributed by atoms with Crippen molar-refractivity contribution in [2.75, 3.05) is 0 Å². The largest absolute Gasteiger partial charge is 0.504 e. The van der Waals surface area contributed by atoms with E-state index in [1.807, 2.05) is 18.2 Å². The number of hydrogen-bond donors (Lipinski definition) is 2. The molecule has 15 heavy (non-hydrogen) atoms. The van der Waals surface area contributed by atoms with Crippen LogP contribution in [-0.4, -0.2) is 10.2 Å². The van der Waals surface area contributed by atoms with E-state index in [0.29, 0.717) is 5.92 Å². The van der Waals surface area contributed by atoms with Crippen LogP contribution < -0.4 is 0 Å². The maximum absolute atomic E-state index is 9.47. The average molecular weight is 202 g/mol. The molecule has 2 rings (SSSR count). The molecule has 0 atom stereocenters. The molecule has 2 aromatic carbocycles. The fourth-order valence-corrected chi connectivity index (χ4v) is 1.83. The van der Waals surface area contributed by atoms with E-state index in [2.05, 4.69) is 13.8 Å². The third-order valence-electron chi connectivity index (χ3n) is 2.63. The van der Waals surface area contributed by atoms with Gasteiger partial charge in [-0.3, -0.25) is 0 Å². The molecule has 2 heteroatoms. The number of phenolic OH excluding ortho intramolecular Hbond substituents is 2. The van der Waals surface area contributed by atoms with Gasteiger partial charge in [0.05, 0.1) is 0 Å². The van der Waals surface area contributed by atoms with Crippen molar-refractivity contribution in [3.05, 3.63) is 35.9 Å². The third-order valence-corrected chi connectivity index (χ3v) is 2.63. The second kappa shape index (κ2) is 3.46. The van der Waals surface area contributed by atoms with Crippen molar-refractivity contribution in [3.8, 4) is 11.5 Å². The van der Waals surface area contributed by atoms with Crippen molar-refractivity contribution in [1.82, 2.24) is 0 Å². The molecule has 0 unspecified atom stereocenters. The molecule has 0 fully saturated rings. The van der Waals surface area contributed by atoms with Crippen LogP contribution in [0.5, 0.6) is 11.5 Å². The zero-order valence-electron chi connectivity index (χ0n) is 8.86. The van der Waals surface area contributed by atoms with E-state index >= 15 is 0 Å². The van der Waals surface area contributed by atoms with E-state index in [1.54, 1.807) is 12.1 Å². The minimum atomic E-state index is -0.0663. The van der Waals surface area contributed by atoms with E-state index in [1.165, 1.54) is 5.56 Å². The molecule has 0 aliphatic carbocycles. The summed E-state index contributed by atoms with van der Waals surface area (Å²) in [5.41, 5.74) is 1.18. The fraction of sp³-hybridized carbons (Fsp3) is 0.231. The molecule has 0 heterocycles. The summed E-state index contributed by atoms with van der Waals surface area (Å²) in [7, 11) is 0. The van der Waals surface area contributed by atoms with Crippen molar-refractivity contribution >= 4 is 10.8 Å². The zero-order chi connectivity index (χ0) is 11.0. The number of benzene rings is 2. The molecule has 0 spiro atoms. The van der Waals surface area contributed by atoms with Crippen LogP contribution in [0.1, 0.15) is 25.3 Å². The average Bonchev–Trinajstić information content (AvgIpc) is 2.18. The Morgan fingerprint density at radius 2 is 1.67 bits per heavy atom. The quantitative estimate of drug-likeness (QED) is 0.696. The summed E-state index contributed by atoms with van der Waals surface area (Å²) in [6, 6.07) is 9.16. The van der Waals surface area contributed by atoms with E-state index in [4.69, 9.17) is 0 Å². The van der Waals surface area contributed by atoms with Crippen molar-refractivity contribution in [2.24, 2.45) is 0 Å². The summed E-state index contributed by atoms with van der Waals surface area (Å²) in [5.74, 6) is 0.275. The second-order valence-corrected chi connectivity index (χ2v) is 4.06. The summed E-state index contributed by atoms with van der Waals surface area (Å²) in [5, 5.41) is 20.8. The molecule has 0 radical (unpaired) electrons. The number of rotatable bonds is 1. The van der Waals surface area contributed by atoms with E-state index in [9.17, 15) is 10.2 Å². The van der Waals surface area contributed by atoms with Gasteiger partial charge in [0.2, 0.25) is 0 Å². The Balaban J connectivity index is 2.80. The minimum Gasteiger partial charge on any atom is -0.504 e. The molecule has 0 amide bonds. The maximum Gasteiger partial charge on any atom is 0.158 e. The fourth-order valence-electron chi connectivity index (χ4n) is 1.83. The van der Waals surface area contributed by atoms with Crippen LogP contribution in [0.15, 0.2) is 30.3 Å². The van der Waals surface area contributed by atoms with Gasteiger partial charge in [0, 0.05) is 0 Å². The van der Waals surface area contributed by atoms with Crippen molar-refractivity contribution in [2.45, 2.75) is 19.8 Å². The van der Waals surface area contributed by atoms with E-state index in [-0.39, 0.29) is 11.5 Å². The first-order valence-corrected chi connectivity index (χ1v) is 5.04. The number of phenols is 2. The highest BCUT2D eigenvalue weighted by Gasteiger charge is 2.08. The second-order valence-electron chi connectivity index (χ2n) is 4.06. The standard InChI is InChI=1S/C13H14O2/c1-8(2)10-5-3-4-9-6-12(14)13(15)7-11(9)10/h3-8,14-15H,1-2H3. The molecule has 0 aliphatic heterocycles. The van der Waals surface area contributed by atoms with Crippen LogP contribution in [0.3, 0.4) is 0 Å². The van der Waals surface area contributed by atoms with Gasteiger partial charge in [-0.05, 0) is 34.4 Å². The first-order chi connectivity index (χ1) is 7.09. The van der Waals surface area contributed by atoms with E-state index in [0.717, 1.165) is 10.8 Å². The van der Waals surface area contributed by atoms with Gasteiger partial charge < -0.3 is 10.2 Å². The normalized spacial score (nSPS) is 11.1. The third kappa shape index (κ3) is 1.63. The highest BCUT2D eigenvalue weighted by molar-refractivity contribution is 5.89. The summed E-state index contributed by atoms with van der Waals surface area (Å²) in [6.45, 7) is 4.22. The Morgan fingerprint density at radius 1 is 1.00 bits per heavy atom. The van der Waals surface area contributed by atoms with Gasteiger partial charge >= 0.3 is 0 Å². The Kier molecular flexibility index (Phi) is 2.27. The maximum atomic E-state index is 9.47. The van der Waals surface area contributed by atoms with Crippen LogP contribution in [-0.2, 0) is 0 Å². The Labute approximate surface area is 88.8 Å². The van der Waals surface area contributed by atoms with Crippen LogP contribution in [0, 0.1) is 0 Å². The van der Waals surface area contributed by atoms with Gasteiger partial charge in [-0.2, -0.15) is 0 Å². The van der Waals surface area contributed by atoms with Gasteiger partial charge in [-0.25, -0.2) is 0 Å².